The molecule has 8 heteroatoms. The molecule has 1 atom stereocenters. The molecule has 0 fully saturated rings. The first kappa shape index (κ1) is 13.4. The van der Waals surface area contributed by atoms with Gasteiger partial charge in [-0.25, -0.2) is 15.0 Å². The van der Waals surface area contributed by atoms with Crippen LogP contribution in [-0.4, -0.2) is 25.1 Å². The van der Waals surface area contributed by atoms with Gasteiger partial charge in [0.2, 0.25) is 5.95 Å². The number of anilines is 2. The van der Waals surface area contributed by atoms with Crippen LogP contribution in [0.5, 0.6) is 0 Å². The lowest BCUT2D eigenvalue weighted by Gasteiger charge is -2.08. The van der Waals surface area contributed by atoms with Crippen molar-refractivity contribution in [3.8, 4) is 11.3 Å². The highest BCUT2D eigenvalue weighted by Gasteiger charge is 2.25. The molecular weight excluding hydrogens is 300 g/mol. The van der Waals surface area contributed by atoms with Crippen LogP contribution in [0.4, 0.5) is 11.1 Å². The van der Waals surface area contributed by atoms with E-state index in [0.29, 0.717) is 12.6 Å². The molecule has 0 amide bonds. The Morgan fingerprint density at radius 1 is 1.41 bits per heavy atom. The number of fused-ring (bicyclic) bond motifs is 3. The maximum Gasteiger partial charge on any atom is 0.229 e. The zero-order chi connectivity index (χ0) is 15.1. The van der Waals surface area contributed by atoms with E-state index >= 15 is 0 Å². The number of aryl methyl sites for hydroxylation is 1. The van der Waals surface area contributed by atoms with E-state index in [4.69, 9.17) is 4.74 Å². The third kappa shape index (κ3) is 2.26. The number of rotatable bonds is 2. The van der Waals surface area contributed by atoms with Crippen molar-refractivity contribution in [2.45, 2.75) is 26.6 Å². The van der Waals surface area contributed by atoms with Gasteiger partial charge in [0.1, 0.15) is 0 Å². The highest BCUT2D eigenvalue weighted by Crippen LogP contribution is 2.39. The summed E-state index contributed by atoms with van der Waals surface area (Å²) in [5.74, 6) is 0.547. The highest BCUT2D eigenvalue weighted by atomic mass is 32.1. The molecule has 0 aromatic carbocycles. The summed E-state index contributed by atoms with van der Waals surface area (Å²) in [6, 6.07) is 1.86. The van der Waals surface area contributed by atoms with Crippen molar-refractivity contribution >= 4 is 22.4 Å². The molecule has 0 spiro atoms. The maximum atomic E-state index is 5.84. The first-order valence-corrected chi connectivity index (χ1v) is 7.74. The van der Waals surface area contributed by atoms with Crippen molar-refractivity contribution < 1.29 is 4.74 Å². The SMILES string of the molecule is Cc1ccnc(Nc2nc3c(s2)COC(C)c2[nH]ncc2-3)n1. The Hall–Kier alpha value is -2.32. The second-order valence-electron chi connectivity index (χ2n) is 5.09. The van der Waals surface area contributed by atoms with Crippen LogP contribution in [0.3, 0.4) is 0 Å². The summed E-state index contributed by atoms with van der Waals surface area (Å²) in [4.78, 5) is 14.3. The molecule has 3 aromatic heterocycles. The van der Waals surface area contributed by atoms with E-state index in [1.54, 1.807) is 23.7 Å². The average Bonchev–Trinajstić information content (AvgIpc) is 3.09. The van der Waals surface area contributed by atoms with Crippen LogP contribution < -0.4 is 5.32 Å². The van der Waals surface area contributed by atoms with E-state index in [2.05, 4.69) is 30.5 Å². The Kier molecular flexibility index (Phi) is 3.12. The smallest absolute Gasteiger partial charge is 0.229 e. The van der Waals surface area contributed by atoms with Gasteiger partial charge in [0.25, 0.3) is 0 Å². The molecule has 1 aliphatic rings. The predicted molar refractivity (Wildman–Crippen MR) is 83.0 cm³/mol. The normalized spacial score (nSPS) is 16.7. The van der Waals surface area contributed by atoms with Crippen LogP contribution in [0.2, 0.25) is 0 Å². The van der Waals surface area contributed by atoms with Gasteiger partial charge in [0.05, 0.1) is 35.2 Å². The Bertz CT molecular complexity index is 826. The largest absolute Gasteiger partial charge is 0.367 e. The highest BCUT2D eigenvalue weighted by molar-refractivity contribution is 7.16. The fourth-order valence-electron chi connectivity index (χ4n) is 2.40. The minimum atomic E-state index is -0.0181. The fourth-order valence-corrected chi connectivity index (χ4v) is 3.29. The van der Waals surface area contributed by atoms with Crippen LogP contribution in [0.15, 0.2) is 18.5 Å². The van der Waals surface area contributed by atoms with Crippen LogP contribution in [0, 0.1) is 6.92 Å². The van der Waals surface area contributed by atoms with E-state index in [9.17, 15) is 0 Å². The first-order chi connectivity index (χ1) is 10.7. The number of thiazole rings is 1. The lowest BCUT2D eigenvalue weighted by Crippen LogP contribution is -1.99. The van der Waals surface area contributed by atoms with Crippen molar-refractivity contribution in [1.82, 2.24) is 25.1 Å². The number of aromatic nitrogens is 5. The van der Waals surface area contributed by atoms with Crippen molar-refractivity contribution in [1.29, 1.82) is 0 Å². The molecule has 3 aromatic rings. The van der Waals surface area contributed by atoms with Gasteiger partial charge in [-0.15, -0.1) is 0 Å². The lowest BCUT2D eigenvalue weighted by molar-refractivity contribution is 0.0537. The number of hydrogen-bond acceptors (Lipinski definition) is 7. The van der Waals surface area contributed by atoms with Gasteiger partial charge in [0.15, 0.2) is 5.13 Å². The number of hydrogen-bond donors (Lipinski definition) is 2. The minimum Gasteiger partial charge on any atom is -0.367 e. The van der Waals surface area contributed by atoms with Crippen LogP contribution in [-0.2, 0) is 11.3 Å². The molecule has 0 radical (unpaired) electrons. The van der Waals surface area contributed by atoms with Crippen LogP contribution in [0.1, 0.15) is 29.3 Å². The topological polar surface area (TPSA) is 88.6 Å². The number of ether oxygens (including phenoxy) is 1. The van der Waals surface area contributed by atoms with E-state index in [1.165, 1.54) is 0 Å². The fraction of sp³-hybridized carbons (Fsp3) is 0.286. The van der Waals surface area contributed by atoms with Crippen molar-refractivity contribution in [2.75, 3.05) is 5.32 Å². The van der Waals surface area contributed by atoms with E-state index in [1.807, 2.05) is 19.9 Å². The molecule has 4 rings (SSSR count). The van der Waals surface area contributed by atoms with E-state index in [-0.39, 0.29) is 6.10 Å². The molecule has 0 bridgehead atoms. The van der Waals surface area contributed by atoms with Gasteiger partial charge >= 0.3 is 0 Å². The maximum absolute atomic E-state index is 5.84. The zero-order valence-corrected chi connectivity index (χ0v) is 12.9. The number of aromatic amines is 1. The lowest BCUT2D eigenvalue weighted by atomic mass is 10.1. The second-order valence-corrected chi connectivity index (χ2v) is 6.17. The van der Waals surface area contributed by atoms with Gasteiger partial charge in [-0.05, 0) is 19.9 Å². The van der Waals surface area contributed by atoms with Gasteiger partial charge in [-0.1, -0.05) is 11.3 Å². The number of nitrogens with zero attached hydrogens (tertiary/aromatic N) is 4. The van der Waals surface area contributed by atoms with E-state index < -0.39 is 0 Å². The Labute approximate surface area is 130 Å². The third-order valence-corrected chi connectivity index (χ3v) is 4.45. The molecule has 112 valence electrons. The first-order valence-electron chi connectivity index (χ1n) is 6.92. The number of H-pyrrole nitrogens is 1. The van der Waals surface area contributed by atoms with Gasteiger partial charge in [0, 0.05) is 17.5 Å². The summed E-state index contributed by atoms with van der Waals surface area (Å²) in [5.41, 5.74) is 3.77. The summed E-state index contributed by atoms with van der Waals surface area (Å²) in [7, 11) is 0. The van der Waals surface area contributed by atoms with Crippen molar-refractivity contribution in [3.63, 3.8) is 0 Å². The van der Waals surface area contributed by atoms with Crippen molar-refractivity contribution in [3.05, 3.63) is 34.7 Å². The molecule has 0 saturated carbocycles. The minimum absolute atomic E-state index is 0.0181. The molecule has 1 unspecified atom stereocenters. The molecule has 2 N–H and O–H groups in total. The summed E-state index contributed by atoms with van der Waals surface area (Å²) >= 11 is 1.55. The molecule has 0 aliphatic carbocycles. The molecule has 0 saturated heterocycles. The zero-order valence-electron chi connectivity index (χ0n) is 12.1. The summed E-state index contributed by atoms with van der Waals surface area (Å²) in [5, 5.41) is 11.0. The summed E-state index contributed by atoms with van der Waals surface area (Å²) in [6.45, 7) is 4.47. The third-order valence-electron chi connectivity index (χ3n) is 3.51. The molecule has 4 heterocycles. The summed E-state index contributed by atoms with van der Waals surface area (Å²) in [6.07, 6.45) is 3.50. The molecule has 7 nitrogen and oxygen atoms in total. The standard InChI is InChI=1S/C14H14N6OS/c1-7-3-4-15-13(17-7)19-14-18-12-9-5-16-20-11(9)8(2)21-6-10(12)22-14/h3-5,8H,6H2,1-2H3,(H,16,20)(H,15,17,18,19). The Morgan fingerprint density at radius 3 is 3.18 bits per heavy atom. The second kappa shape index (κ2) is 5.15. The van der Waals surface area contributed by atoms with E-state index in [0.717, 1.165) is 32.7 Å². The Balaban J connectivity index is 1.71. The summed E-state index contributed by atoms with van der Waals surface area (Å²) < 4.78 is 5.84. The average molecular weight is 314 g/mol. The van der Waals surface area contributed by atoms with Crippen LogP contribution >= 0.6 is 11.3 Å². The Morgan fingerprint density at radius 2 is 2.32 bits per heavy atom. The van der Waals surface area contributed by atoms with Crippen LogP contribution in [0.25, 0.3) is 11.3 Å². The van der Waals surface area contributed by atoms with Gasteiger partial charge in [-0.2, -0.15) is 5.10 Å². The van der Waals surface area contributed by atoms with Crippen molar-refractivity contribution in [2.24, 2.45) is 0 Å². The predicted octanol–water partition coefficient (Wildman–Crippen LogP) is 2.97. The molecule has 1 aliphatic heterocycles. The molecule has 22 heavy (non-hydrogen) atoms. The van der Waals surface area contributed by atoms with Gasteiger partial charge < -0.3 is 10.1 Å². The monoisotopic (exact) mass is 314 g/mol. The van der Waals surface area contributed by atoms with Gasteiger partial charge in [-0.3, -0.25) is 5.10 Å². The number of nitrogens with one attached hydrogen (secondary N) is 2. The quantitative estimate of drug-likeness (QED) is 0.756. The molecular formula is C14H14N6OS.